The molecule has 4 N–H and O–H groups in total. The second-order valence-electron chi connectivity index (χ2n) is 5.00. The summed E-state index contributed by atoms with van der Waals surface area (Å²) < 4.78 is 9.46. The molecule has 0 atom stereocenters. The van der Waals surface area contributed by atoms with Crippen LogP contribution in [0.25, 0.3) is 21.6 Å². The maximum atomic E-state index is 5.58. The van der Waals surface area contributed by atoms with Crippen molar-refractivity contribution in [3.63, 3.8) is 0 Å². The molecule has 23 heavy (non-hydrogen) atoms. The number of aromatic amines is 1. The topological polar surface area (TPSA) is 115 Å². The van der Waals surface area contributed by atoms with Gasteiger partial charge in [0.15, 0.2) is 5.65 Å². The van der Waals surface area contributed by atoms with Gasteiger partial charge in [-0.05, 0) is 37.0 Å². The van der Waals surface area contributed by atoms with Gasteiger partial charge < -0.3 is 15.8 Å². The van der Waals surface area contributed by atoms with E-state index in [-0.39, 0.29) is 0 Å². The number of aromatic nitrogens is 5. The molecule has 0 saturated heterocycles. The van der Waals surface area contributed by atoms with Crippen molar-refractivity contribution in [2.75, 3.05) is 31.6 Å². The van der Waals surface area contributed by atoms with E-state index in [1.54, 1.807) is 12.4 Å². The number of H-pyrrole nitrogens is 1. The summed E-state index contributed by atoms with van der Waals surface area (Å²) in [6, 6.07) is 1.99. The van der Waals surface area contributed by atoms with Crippen LogP contribution in [0.3, 0.4) is 0 Å². The van der Waals surface area contributed by atoms with Crippen LogP contribution < -0.4 is 11.1 Å². The van der Waals surface area contributed by atoms with Gasteiger partial charge in [0, 0.05) is 18.8 Å². The van der Waals surface area contributed by atoms with Gasteiger partial charge in [-0.25, -0.2) is 4.98 Å². The number of pyridine rings is 1. The predicted octanol–water partition coefficient (Wildman–Crippen LogP) is 1.64. The molecule has 3 aromatic heterocycles. The van der Waals surface area contributed by atoms with E-state index in [1.165, 1.54) is 11.5 Å². The van der Waals surface area contributed by atoms with Crippen LogP contribution in [0.5, 0.6) is 0 Å². The Morgan fingerprint density at radius 2 is 2.22 bits per heavy atom. The molecule has 0 spiro atoms. The lowest BCUT2D eigenvalue weighted by Crippen LogP contribution is -2.11. The van der Waals surface area contributed by atoms with Crippen LogP contribution in [0.2, 0.25) is 0 Å². The van der Waals surface area contributed by atoms with Gasteiger partial charge in [-0.15, -0.1) is 5.10 Å². The van der Waals surface area contributed by atoms with Crippen LogP contribution in [0, 0.1) is 0 Å². The molecule has 0 unspecified atom stereocenters. The summed E-state index contributed by atoms with van der Waals surface area (Å²) in [5, 5.41) is 15.2. The van der Waals surface area contributed by atoms with Gasteiger partial charge in [-0.3, -0.25) is 5.10 Å². The average Bonchev–Trinajstić information content (AvgIpc) is 3.24. The minimum atomic E-state index is 0.643. The third-order valence-electron chi connectivity index (χ3n) is 3.34. The second-order valence-corrected chi connectivity index (χ2v) is 5.79. The molecule has 8 nitrogen and oxygen atoms in total. The van der Waals surface area contributed by atoms with E-state index in [0.29, 0.717) is 19.7 Å². The Hall–Kier alpha value is -2.10. The first-order valence-corrected chi connectivity index (χ1v) is 8.29. The lowest BCUT2D eigenvalue weighted by molar-refractivity contribution is 0.140. The molecule has 0 aliphatic rings. The summed E-state index contributed by atoms with van der Waals surface area (Å²) >= 11 is 1.31. The molecule has 9 heteroatoms. The zero-order valence-corrected chi connectivity index (χ0v) is 13.5. The van der Waals surface area contributed by atoms with E-state index in [9.17, 15) is 0 Å². The standard InChI is InChI=1S/C14H19N7OS/c15-3-1-2-5-22-6-4-16-11-7-12(13-9-18-21-23-13)19-14-10(11)8-17-20-14/h7-9H,1-6,15H2,(H2,16,17,19,20). The summed E-state index contributed by atoms with van der Waals surface area (Å²) in [5.41, 5.74) is 7.98. The van der Waals surface area contributed by atoms with Gasteiger partial charge in [0.2, 0.25) is 0 Å². The fraction of sp³-hybridized carbons (Fsp3) is 0.429. The van der Waals surface area contributed by atoms with Crippen LogP contribution in [-0.2, 0) is 4.74 Å². The number of hydrogen-bond donors (Lipinski definition) is 3. The van der Waals surface area contributed by atoms with Gasteiger partial charge in [0.05, 0.1) is 35.0 Å². The van der Waals surface area contributed by atoms with Crippen molar-refractivity contribution in [3.8, 4) is 10.6 Å². The molecule has 0 bridgehead atoms. The molecule has 0 aliphatic heterocycles. The minimum absolute atomic E-state index is 0.643. The molecule has 0 radical (unpaired) electrons. The third kappa shape index (κ3) is 4.01. The maximum absolute atomic E-state index is 5.58. The first-order chi connectivity index (χ1) is 11.4. The number of hydrogen-bond acceptors (Lipinski definition) is 8. The molecule has 3 aromatic rings. The summed E-state index contributed by atoms with van der Waals surface area (Å²) in [6.07, 6.45) is 5.47. The second kappa shape index (κ2) is 7.95. The van der Waals surface area contributed by atoms with Crippen molar-refractivity contribution < 1.29 is 4.74 Å². The SMILES string of the molecule is NCCCCOCCNc1cc(-c2cnns2)nc2[nH]ncc12. The monoisotopic (exact) mass is 333 g/mol. The molecule has 0 fully saturated rings. The van der Waals surface area contributed by atoms with E-state index >= 15 is 0 Å². The zero-order valence-electron chi connectivity index (χ0n) is 12.7. The van der Waals surface area contributed by atoms with Crippen LogP contribution in [-0.4, -0.2) is 51.1 Å². The summed E-state index contributed by atoms with van der Waals surface area (Å²) in [6.45, 7) is 2.82. The highest BCUT2D eigenvalue weighted by Crippen LogP contribution is 2.28. The van der Waals surface area contributed by atoms with Gasteiger partial charge in [-0.2, -0.15) is 5.10 Å². The van der Waals surface area contributed by atoms with Gasteiger partial charge in [0.1, 0.15) is 0 Å². The Morgan fingerprint density at radius 3 is 3.04 bits per heavy atom. The van der Waals surface area contributed by atoms with Crippen LogP contribution >= 0.6 is 11.5 Å². The van der Waals surface area contributed by atoms with E-state index < -0.39 is 0 Å². The smallest absolute Gasteiger partial charge is 0.157 e. The number of ether oxygens (including phenoxy) is 1. The lowest BCUT2D eigenvalue weighted by Gasteiger charge is -2.09. The van der Waals surface area contributed by atoms with Crippen molar-refractivity contribution >= 4 is 28.3 Å². The molecule has 0 saturated carbocycles. The van der Waals surface area contributed by atoms with Gasteiger partial charge in [0.25, 0.3) is 0 Å². The van der Waals surface area contributed by atoms with E-state index in [0.717, 1.165) is 46.7 Å². The number of anilines is 1. The minimum Gasteiger partial charge on any atom is -0.382 e. The normalized spacial score (nSPS) is 11.2. The lowest BCUT2D eigenvalue weighted by atomic mass is 10.2. The van der Waals surface area contributed by atoms with Crippen molar-refractivity contribution in [2.45, 2.75) is 12.8 Å². The first kappa shape index (κ1) is 15.8. The van der Waals surface area contributed by atoms with Crippen LogP contribution in [0.4, 0.5) is 5.69 Å². The predicted molar refractivity (Wildman–Crippen MR) is 90.4 cm³/mol. The average molecular weight is 333 g/mol. The van der Waals surface area contributed by atoms with Gasteiger partial charge in [-0.1, -0.05) is 4.49 Å². The molecule has 0 amide bonds. The van der Waals surface area contributed by atoms with Crippen LogP contribution in [0.15, 0.2) is 18.5 Å². The summed E-state index contributed by atoms with van der Waals surface area (Å²) in [4.78, 5) is 5.46. The molecule has 122 valence electrons. The molecular formula is C14H19N7OS. The summed E-state index contributed by atoms with van der Waals surface area (Å²) in [7, 11) is 0. The number of rotatable bonds is 9. The molecule has 3 rings (SSSR count). The highest BCUT2D eigenvalue weighted by atomic mass is 32.1. The van der Waals surface area contributed by atoms with Crippen molar-refractivity contribution in [3.05, 3.63) is 18.5 Å². The maximum Gasteiger partial charge on any atom is 0.157 e. The van der Waals surface area contributed by atoms with E-state index in [4.69, 9.17) is 10.5 Å². The molecular weight excluding hydrogens is 314 g/mol. The van der Waals surface area contributed by atoms with Crippen LogP contribution in [0.1, 0.15) is 12.8 Å². The highest BCUT2D eigenvalue weighted by molar-refractivity contribution is 7.09. The van der Waals surface area contributed by atoms with Crippen molar-refractivity contribution in [1.29, 1.82) is 0 Å². The Labute approximate surface area is 137 Å². The Balaban J connectivity index is 1.64. The van der Waals surface area contributed by atoms with Crippen molar-refractivity contribution in [2.24, 2.45) is 5.73 Å². The quantitative estimate of drug-likeness (QED) is 0.510. The summed E-state index contributed by atoms with van der Waals surface area (Å²) in [5.74, 6) is 0. The van der Waals surface area contributed by atoms with E-state index in [1.807, 2.05) is 6.07 Å². The van der Waals surface area contributed by atoms with Gasteiger partial charge >= 0.3 is 0 Å². The number of fused-ring (bicyclic) bond motifs is 1. The number of nitrogens with zero attached hydrogens (tertiary/aromatic N) is 4. The molecule has 0 aliphatic carbocycles. The number of nitrogens with one attached hydrogen (secondary N) is 2. The Kier molecular flexibility index (Phi) is 5.46. The third-order valence-corrected chi connectivity index (χ3v) is 4.03. The zero-order chi connectivity index (χ0) is 15.9. The number of unbranched alkanes of at least 4 members (excludes halogenated alkanes) is 1. The van der Waals surface area contributed by atoms with Crippen molar-refractivity contribution in [1.82, 2.24) is 24.8 Å². The fourth-order valence-electron chi connectivity index (χ4n) is 2.19. The number of nitrogens with two attached hydrogens (primary N) is 1. The molecule has 0 aromatic carbocycles. The largest absolute Gasteiger partial charge is 0.382 e. The Morgan fingerprint density at radius 1 is 1.26 bits per heavy atom. The highest BCUT2D eigenvalue weighted by Gasteiger charge is 2.10. The van der Waals surface area contributed by atoms with E-state index in [2.05, 4.69) is 30.1 Å². The Bertz CT molecular complexity index is 728. The molecule has 3 heterocycles. The fourth-order valence-corrected chi connectivity index (χ4v) is 2.66. The first-order valence-electron chi connectivity index (χ1n) is 7.52.